The smallest absolute Gasteiger partial charge is 0.264 e. The van der Waals surface area contributed by atoms with Crippen LogP contribution in [0.15, 0.2) is 47.8 Å². The van der Waals surface area contributed by atoms with E-state index in [1.54, 1.807) is 0 Å². The molecular formula is C25H27N3O4S. The second-order valence-electron chi connectivity index (χ2n) is 7.91. The highest BCUT2D eigenvalue weighted by Crippen LogP contribution is 2.36. The van der Waals surface area contributed by atoms with Crippen LogP contribution in [-0.2, 0) is 16.0 Å². The lowest BCUT2D eigenvalue weighted by Gasteiger charge is -2.26. The number of hydrogen-bond acceptors (Lipinski definition) is 6. The molecule has 4 rings (SSSR count). The first kappa shape index (κ1) is 22.8. The van der Waals surface area contributed by atoms with Gasteiger partial charge in [-0.15, -0.1) is 11.3 Å². The lowest BCUT2D eigenvalue weighted by Crippen LogP contribution is -2.30. The van der Waals surface area contributed by atoms with Gasteiger partial charge in [-0.2, -0.15) is 0 Å². The summed E-state index contributed by atoms with van der Waals surface area (Å²) >= 11 is 1.35. The molecule has 2 amide bonds. The van der Waals surface area contributed by atoms with Gasteiger partial charge >= 0.3 is 0 Å². The van der Waals surface area contributed by atoms with Crippen molar-refractivity contribution in [3.05, 3.63) is 59.0 Å². The Morgan fingerprint density at radius 1 is 1.21 bits per heavy atom. The number of aromatic nitrogens is 1. The highest BCUT2D eigenvalue weighted by Gasteiger charge is 2.23. The van der Waals surface area contributed by atoms with Crippen molar-refractivity contribution >= 4 is 28.3 Å². The van der Waals surface area contributed by atoms with Gasteiger partial charge in [-0.3, -0.25) is 14.9 Å². The van der Waals surface area contributed by atoms with Gasteiger partial charge in [0.15, 0.2) is 11.7 Å². The summed E-state index contributed by atoms with van der Waals surface area (Å²) in [6, 6.07) is 13.5. The van der Waals surface area contributed by atoms with Gasteiger partial charge in [0.25, 0.3) is 5.91 Å². The Balaban J connectivity index is 1.37. The zero-order chi connectivity index (χ0) is 23.2. The SMILES string of the molecule is CCCc1ccc(OCC(=O)Nc2nc(-c3ccc4c(c3)C(NC(C)=O)CCO4)cs2)cc1. The third-order valence-corrected chi connectivity index (χ3v) is 6.06. The molecule has 8 heteroatoms. The predicted octanol–water partition coefficient (Wildman–Crippen LogP) is 4.74. The maximum absolute atomic E-state index is 12.3. The number of hydrogen-bond donors (Lipinski definition) is 2. The minimum atomic E-state index is -0.266. The third kappa shape index (κ3) is 5.90. The van der Waals surface area contributed by atoms with E-state index in [2.05, 4.69) is 22.5 Å². The number of rotatable bonds is 8. The van der Waals surface area contributed by atoms with Crippen molar-refractivity contribution in [2.75, 3.05) is 18.5 Å². The number of nitrogens with zero attached hydrogens (tertiary/aromatic N) is 1. The Kier molecular flexibility index (Phi) is 7.24. The Labute approximate surface area is 197 Å². The quantitative estimate of drug-likeness (QED) is 0.502. The fourth-order valence-corrected chi connectivity index (χ4v) is 4.49. The van der Waals surface area contributed by atoms with Crippen LogP contribution in [0.5, 0.6) is 11.5 Å². The molecule has 7 nitrogen and oxygen atoms in total. The molecule has 1 unspecified atom stereocenters. The van der Waals surface area contributed by atoms with Crippen molar-refractivity contribution in [1.29, 1.82) is 0 Å². The Morgan fingerprint density at radius 3 is 2.79 bits per heavy atom. The molecule has 0 fully saturated rings. The second kappa shape index (κ2) is 10.5. The molecule has 3 aromatic rings. The highest BCUT2D eigenvalue weighted by molar-refractivity contribution is 7.14. The Hall–Kier alpha value is -3.39. The molecular weight excluding hydrogens is 438 g/mol. The number of carbonyl (C=O) groups is 2. The van der Waals surface area contributed by atoms with E-state index in [-0.39, 0.29) is 24.5 Å². The fraction of sp³-hybridized carbons (Fsp3) is 0.320. The molecule has 1 aliphatic heterocycles. The van der Waals surface area contributed by atoms with E-state index in [9.17, 15) is 9.59 Å². The van der Waals surface area contributed by atoms with Crippen LogP contribution < -0.4 is 20.1 Å². The van der Waals surface area contributed by atoms with Crippen LogP contribution >= 0.6 is 11.3 Å². The summed E-state index contributed by atoms with van der Waals surface area (Å²) in [7, 11) is 0. The number of aryl methyl sites for hydroxylation is 1. The predicted molar refractivity (Wildman–Crippen MR) is 129 cm³/mol. The van der Waals surface area contributed by atoms with E-state index in [1.807, 2.05) is 47.8 Å². The van der Waals surface area contributed by atoms with E-state index in [0.29, 0.717) is 17.5 Å². The molecule has 2 heterocycles. The van der Waals surface area contributed by atoms with Crippen molar-refractivity contribution < 1.29 is 19.1 Å². The first-order valence-corrected chi connectivity index (χ1v) is 11.9. The zero-order valence-corrected chi connectivity index (χ0v) is 19.5. The number of nitrogens with one attached hydrogen (secondary N) is 2. The lowest BCUT2D eigenvalue weighted by molar-refractivity contribution is -0.120. The summed E-state index contributed by atoms with van der Waals surface area (Å²) in [6.45, 7) is 4.13. The van der Waals surface area contributed by atoms with Crippen molar-refractivity contribution in [2.45, 2.75) is 39.2 Å². The maximum atomic E-state index is 12.3. The molecule has 172 valence electrons. The Bertz CT molecular complexity index is 1130. The molecule has 33 heavy (non-hydrogen) atoms. The van der Waals surface area contributed by atoms with Gasteiger partial charge in [-0.25, -0.2) is 4.98 Å². The van der Waals surface area contributed by atoms with Crippen LogP contribution in [0.1, 0.15) is 43.9 Å². The van der Waals surface area contributed by atoms with Gasteiger partial charge in [-0.05, 0) is 42.3 Å². The normalized spacial score (nSPS) is 14.7. The molecule has 0 saturated carbocycles. The zero-order valence-electron chi connectivity index (χ0n) is 18.7. The minimum Gasteiger partial charge on any atom is -0.493 e. The summed E-state index contributed by atoms with van der Waals surface area (Å²) in [6.07, 6.45) is 2.83. The van der Waals surface area contributed by atoms with Gasteiger partial charge in [0.05, 0.1) is 18.3 Å². The summed E-state index contributed by atoms with van der Waals surface area (Å²) < 4.78 is 11.3. The average Bonchev–Trinajstić information content (AvgIpc) is 3.27. The molecule has 0 radical (unpaired) electrons. The first-order chi connectivity index (χ1) is 16.0. The number of amides is 2. The van der Waals surface area contributed by atoms with Crippen molar-refractivity contribution in [3.63, 3.8) is 0 Å². The van der Waals surface area contributed by atoms with Crippen molar-refractivity contribution in [3.8, 4) is 22.8 Å². The van der Waals surface area contributed by atoms with Gasteiger partial charge in [-0.1, -0.05) is 25.5 Å². The van der Waals surface area contributed by atoms with Gasteiger partial charge in [0.1, 0.15) is 11.5 Å². The van der Waals surface area contributed by atoms with Crippen LogP contribution in [0, 0.1) is 0 Å². The Morgan fingerprint density at radius 2 is 2.03 bits per heavy atom. The van der Waals surface area contributed by atoms with E-state index in [4.69, 9.17) is 9.47 Å². The number of anilines is 1. The average molecular weight is 466 g/mol. The molecule has 1 aliphatic rings. The number of carbonyl (C=O) groups excluding carboxylic acids is 2. The summed E-state index contributed by atoms with van der Waals surface area (Å²) in [5, 5.41) is 8.16. The van der Waals surface area contributed by atoms with Crippen LogP contribution in [0.25, 0.3) is 11.3 Å². The van der Waals surface area contributed by atoms with Crippen LogP contribution in [0.3, 0.4) is 0 Å². The van der Waals surface area contributed by atoms with Gasteiger partial charge in [0, 0.05) is 29.9 Å². The number of fused-ring (bicyclic) bond motifs is 1. The molecule has 0 spiro atoms. The fourth-order valence-electron chi connectivity index (χ4n) is 3.76. The van der Waals surface area contributed by atoms with Gasteiger partial charge < -0.3 is 14.8 Å². The molecule has 1 atom stereocenters. The van der Waals surface area contributed by atoms with E-state index in [1.165, 1.54) is 23.8 Å². The van der Waals surface area contributed by atoms with Crippen LogP contribution in [0.4, 0.5) is 5.13 Å². The van der Waals surface area contributed by atoms with E-state index >= 15 is 0 Å². The van der Waals surface area contributed by atoms with E-state index < -0.39 is 0 Å². The highest BCUT2D eigenvalue weighted by atomic mass is 32.1. The summed E-state index contributed by atoms with van der Waals surface area (Å²) in [4.78, 5) is 28.4. The van der Waals surface area contributed by atoms with Crippen molar-refractivity contribution in [1.82, 2.24) is 10.3 Å². The largest absolute Gasteiger partial charge is 0.493 e. The molecule has 2 N–H and O–H groups in total. The molecule has 2 aromatic carbocycles. The standard InChI is InChI=1S/C25H27N3O4S/c1-3-4-17-5-8-19(9-6-17)32-14-24(30)28-25-27-22(15-33-25)18-7-10-23-20(13-18)21(11-12-31-23)26-16(2)29/h5-10,13,15,21H,3-4,11-12,14H2,1-2H3,(H,26,29)(H,27,28,30). The molecule has 1 aromatic heterocycles. The van der Waals surface area contributed by atoms with Gasteiger partial charge in [0.2, 0.25) is 5.91 Å². The number of thiazole rings is 1. The van der Waals surface area contributed by atoms with Crippen LogP contribution in [0.2, 0.25) is 0 Å². The first-order valence-electron chi connectivity index (χ1n) is 11.0. The maximum Gasteiger partial charge on any atom is 0.264 e. The number of ether oxygens (including phenoxy) is 2. The topological polar surface area (TPSA) is 89.5 Å². The molecule has 0 bridgehead atoms. The second-order valence-corrected chi connectivity index (χ2v) is 8.77. The lowest BCUT2D eigenvalue weighted by atomic mass is 9.97. The summed E-state index contributed by atoms with van der Waals surface area (Å²) in [5.74, 6) is 1.09. The number of benzene rings is 2. The molecule has 0 saturated heterocycles. The van der Waals surface area contributed by atoms with Crippen LogP contribution in [-0.4, -0.2) is 30.0 Å². The minimum absolute atomic E-state index is 0.0731. The summed E-state index contributed by atoms with van der Waals surface area (Å²) in [5.41, 5.74) is 3.83. The van der Waals surface area contributed by atoms with Crippen molar-refractivity contribution in [2.24, 2.45) is 0 Å². The molecule has 0 aliphatic carbocycles. The van der Waals surface area contributed by atoms with E-state index in [0.717, 1.165) is 41.8 Å². The third-order valence-electron chi connectivity index (χ3n) is 5.31. The monoisotopic (exact) mass is 465 g/mol.